The smallest absolute Gasteiger partial charge is 0.338 e. The van der Waals surface area contributed by atoms with Crippen LogP contribution in [-0.2, 0) is 16.1 Å². The van der Waals surface area contributed by atoms with Crippen molar-refractivity contribution >= 4 is 46.1 Å². The van der Waals surface area contributed by atoms with Crippen LogP contribution in [0.4, 0.5) is 5.69 Å². The molecule has 27 heavy (non-hydrogen) atoms. The van der Waals surface area contributed by atoms with Gasteiger partial charge in [0.2, 0.25) is 0 Å². The number of carbonyl (C=O) groups is 3. The molecule has 0 aliphatic heterocycles. The second-order valence-corrected chi connectivity index (χ2v) is 7.42. The third-order valence-corrected chi connectivity index (χ3v) is 5.22. The summed E-state index contributed by atoms with van der Waals surface area (Å²) in [6.07, 6.45) is 0. The molecule has 138 valence electrons. The van der Waals surface area contributed by atoms with E-state index in [0.29, 0.717) is 17.1 Å². The highest BCUT2D eigenvalue weighted by molar-refractivity contribution is 7.12. The van der Waals surface area contributed by atoms with Crippen molar-refractivity contribution in [3.8, 4) is 0 Å². The molecule has 8 heteroatoms. The van der Waals surface area contributed by atoms with Crippen molar-refractivity contribution in [3.63, 3.8) is 0 Å². The molecule has 0 fully saturated rings. The van der Waals surface area contributed by atoms with Gasteiger partial charge in [0, 0.05) is 10.6 Å². The van der Waals surface area contributed by atoms with E-state index in [4.69, 9.17) is 4.74 Å². The van der Waals surface area contributed by atoms with Crippen LogP contribution in [0.15, 0.2) is 59.3 Å². The number of benzene rings is 1. The van der Waals surface area contributed by atoms with Gasteiger partial charge in [0.25, 0.3) is 11.8 Å². The maximum Gasteiger partial charge on any atom is 0.338 e. The zero-order valence-electron chi connectivity index (χ0n) is 14.1. The Labute approximate surface area is 163 Å². The van der Waals surface area contributed by atoms with E-state index < -0.39 is 5.97 Å². The first-order chi connectivity index (χ1) is 13.1. The molecule has 1 aromatic carbocycles. The highest BCUT2D eigenvalue weighted by Gasteiger charge is 2.12. The van der Waals surface area contributed by atoms with E-state index in [0.717, 1.165) is 4.88 Å². The van der Waals surface area contributed by atoms with Crippen molar-refractivity contribution in [2.75, 3.05) is 11.9 Å². The largest absolute Gasteiger partial charge is 0.452 e. The van der Waals surface area contributed by atoms with Gasteiger partial charge in [0.1, 0.15) is 0 Å². The maximum atomic E-state index is 12.1. The van der Waals surface area contributed by atoms with Gasteiger partial charge >= 0.3 is 5.97 Å². The molecular formula is C19H16N2O4S2. The van der Waals surface area contributed by atoms with Crippen LogP contribution in [0.3, 0.4) is 0 Å². The Hall–Kier alpha value is -2.97. The van der Waals surface area contributed by atoms with Crippen LogP contribution in [0.1, 0.15) is 24.9 Å². The Bertz CT molecular complexity index is 921. The first-order valence-corrected chi connectivity index (χ1v) is 9.79. The minimum Gasteiger partial charge on any atom is -0.452 e. The Morgan fingerprint density at radius 1 is 0.963 bits per heavy atom. The third-order valence-electron chi connectivity index (χ3n) is 3.48. The fourth-order valence-corrected chi connectivity index (χ4v) is 3.45. The maximum absolute atomic E-state index is 12.1. The van der Waals surface area contributed by atoms with Gasteiger partial charge in [-0.15, -0.1) is 22.7 Å². The Kier molecular flexibility index (Phi) is 6.35. The van der Waals surface area contributed by atoms with E-state index in [1.807, 2.05) is 22.9 Å². The van der Waals surface area contributed by atoms with Crippen molar-refractivity contribution in [1.29, 1.82) is 0 Å². The Balaban J connectivity index is 1.50. The summed E-state index contributed by atoms with van der Waals surface area (Å²) in [6.45, 7) is 0.0360. The summed E-state index contributed by atoms with van der Waals surface area (Å²) >= 11 is 2.86. The van der Waals surface area contributed by atoms with Gasteiger partial charge in [-0.1, -0.05) is 18.2 Å². The third kappa shape index (κ3) is 5.50. The quantitative estimate of drug-likeness (QED) is 0.594. The van der Waals surface area contributed by atoms with Gasteiger partial charge < -0.3 is 15.4 Å². The zero-order valence-corrected chi connectivity index (χ0v) is 15.8. The lowest BCUT2D eigenvalue weighted by Crippen LogP contribution is -2.28. The molecule has 2 heterocycles. The van der Waals surface area contributed by atoms with E-state index >= 15 is 0 Å². The second-order valence-electron chi connectivity index (χ2n) is 5.44. The van der Waals surface area contributed by atoms with Gasteiger partial charge in [0.05, 0.1) is 17.0 Å². The van der Waals surface area contributed by atoms with Crippen LogP contribution in [0.25, 0.3) is 0 Å². The number of hydrogen-bond acceptors (Lipinski definition) is 6. The van der Waals surface area contributed by atoms with Gasteiger partial charge in [-0.25, -0.2) is 4.79 Å². The van der Waals surface area contributed by atoms with Gasteiger partial charge in [-0.2, -0.15) is 0 Å². The summed E-state index contributed by atoms with van der Waals surface area (Å²) < 4.78 is 5.03. The number of amides is 2. The van der Waals surface area contributed by atoms with Crippen LogP contribution in [0.2, 0.25) is 0 Å². The molecule has 6 nitrogen and oxygen atoms in total. The highest BCUT2D eigenvalue weighted by atomic mass is 32.1. The first kappa shape index (κ1) is 18.8. The summed E-state index contributed by atoms with van der Waals surface area (Å²) in [5, 5.41) is 9.14. The van der Waals surface area contributed by atoms with Gasteiger partial charge in [-0.05, 0) is 41.1 Å². The van der Waals surface area contributed by atoms with Crippen molar-refractivity contribution in [2.24, 2.45) is 0 Å². The first-order valence-electron chi connectivity index (χ1n) is 8.03. The molecule has 3 aromatic rings. The van der Waals surface area contributed by atoms with Crippen molar-refractivity contribution in [3.05, 3.63) is 74.6 Å². The lowest BCUT2D eigenvalue weighted by Gasteiger charge is -2.08. The minimum absolute atomic E-state index is 0.247. The fourth-order valence-electron chi connectivity index (χ4n) is 2.19. The van der Waals surface area contributed by atoms with Crippen LogP contribution in [0, 0.1) is 0 Å². The number of ether oxygens (including phenoxy) is 1. The number of rotatable bonds is 7. The fraction of sp³-hybridized carbons (Fsp3) is 0.105. The average Bonchev–Trinajstić information content (AvgIpc) is 3.38. The summed E-state index contributed by atoms with van der Waals surface area (Å²) in [7, 11) is 0. The number of anilines is 1. The van der Waals surface area contributed by atoms with Crippen molar-refractivity contribution < 1.29 is 19.1 Å². The van der Waals surface area contributed by atoms with Gasteiger partial charge in [0.15, 0.2) is 6.61 Å². The number of esters is 1. The van der Waals surface area contributed by atoms with Crippen molar-refractivity contribution in [2.45, 2.75) is 6.54 Å². The van der Waals surface area contributed by atoms with Crippen LogP contribution in [-0.4, -0.2) is 24.4 Å². The summed E-state index contributed by atoms with van der Waals surface area (Å²) in [5.41, 5.74) is 0.732. The predicted molar refractivity (Wildman–Crippen MR) is 105 cm³/mol. The highest BCUT2D eigenvalue weighted by Crippen LogP contribution is 2.15. The molecule has 2 N–H and O–H groups in total. The molecule has 0 saturated carbocycles. The van der Waals surface area contributed by atoms with Gasteiger partial charge in [-0.3, -0.25) is 9.59 Å². The lowest BCUT2D eigenvalue weighted by molar-refractivity contribution is -0.124. The second kappa shape index (κ2) is 9.11. The number of thiophene rings is 2. The molecule has 0 aliphatic carbocycles. The summed E-state index contributed by atoms with van der Waals surface area (Å²) in [6, 6.07) is 13.7. The molecule has 0 aliphatic rings. The van der Waals surface area contributed by atoms with Crippen LogP contribution < -0.4 is 10.6 Å². The minimum atomic E-state index is -0.631. The predicted octanol–water partition coefficient (Wildman–Crippen LogP) is 3.54. The molecule has 0 spiro atoms. The van der Waals surface area contributed by atoms with Crippen LogP contribution >= 0.6 is 22.7 Å². The van der Waals surface area contributed by atoms with E-state index in [-0.39, 0.29) is 24.0 Å². The van der Waals surface area contributed by atoms with Crippen molar-refractivity contribution in [1.82, 2.24) is 5.32 Å². The molecule has 0 saturated heterocycles. The Morgan fingerprint density at radius 2 is 1.78 bits per heavy atom. The topological polar surface area (TPSA) is 84.5 Å². The Morgan fingerprint density at radius 3 is 2.52 bits per heavy atom. The lowest BCUT2D eigenvalue weighted by atomic mass is 10.2. The average molecular weight is 400 g/mol. The molecule has 0 radical (unpaired) electrons. The molecule has 0 atom stereocenters. The van der Waals surface area contributed by atoms with E-state index in [1.54, 1.807) is 30.3 Å². The number of carbonyl (C=O) groups excluding carboxylic acids is 3. The normalized spacial score (nSPS) is 10.2. The molecule has 0 bridgehead atoms. The zero-order chi connectivity index (χ0) is 19.1. The van der Waals surface area contributed by atoms with Crippen LogP contribution in [0.5, 0.6) is 0 Å². The summed E-state index contributed by atoms with van der Waals surface area (Å²) in [4.78, 5) is 37.6. The standard InChI is InChI=1S/C19H16N2O4S2/c22-17(20-11-15-6-2-8-26-15)12-25-19(24)13-4-1-5-14(10-13)21-18(23)16-7-3-9-27-16/h1-10H,11-12H2,(H,20,22)(H,21,23). The van der Waals surface area contributed by atoms with E-state index in [2.05, 4.69) is 10.6 Å². The molecule has 3 rings (SSSR count). The molecular weight excluding hydrogens is 384 g/mol. The van der Waals surface area contributed by atoms with E-state index in [1.165, 1.54) is 28.7 Å². The monoisotopic (exact) mass is 400 g/mol. The van der Waals surface area contributed by atoms with E-state index in [9.17, 15) is 14.4 Å². The molecule has 2 aromatic heterocycles. The number of nitrogens with one attached hydrogen (secondary N) is 2. The SMILES string of the molecule is O=C(COC(=O)c1cccc(NC(=O)c2cccs2)c1)NCc1cccs1. The summed E-state index contributed by atoms with van der Waals surface area (Å²) in [5.74, 6) is -1.25. The molecule has 2 amide bonds. The molecule has 0 unspecified atom stereocenters. The number of hydrogen-bond donors (Lipinski definition) is 2.